The molecule has 0 aromatic heterocycles. The molecule has 1 aliphatic heterocycles. The molecule has 0 spiro atoms. The smallest absolute Gasteiger partial charge is 0.214 e. The maximum Gasteiger partial charge on any atom is 0.214 e. The summed E-state index contributed by atoms with van der Waals surface area (Å²) < 4.78 is 26.1. The van der Waals surface area contributed by atoms with Crippen LogP contribution >= 0.6 is 0 Å². The van der Waals surface area contributed by atoms with E-state index in [1.807, 2.05) is 30.3 Å². The number of nitrogens with zero attached hydrogens (tertiary/aromatic N) is 1. The predicted molar refractivity (Wildman–Crippen MR) is 81.9 cm³/mol. The third-order valence-corrected chi connectivity index (χ3v) is 5.75. The van der Waals surface area contributed by atoms with Crippen LogP contribution < -0.4 is 5.73 Å². The molecule has 0 amide bonds. The van der Waals surface area contributed by atoms with Gasteiger partial charge in [0.15, 0.2) is 0 Å². The topological polar surface area (TPSA) is 63.4 Å². The molecule has 0 aliphatic carbocycles. The van der Waals surface area contributed by atoms with Crippen LogP contribution in [0.2, 0.25) is 0 Å². The second kappa shape index (κ2) is 6.52. The van der Waals surface area contributed by atoms with Gasteiger partial charge in [0.25, 0.3) is 0 Å². The highest BCUT2D eigenvalue weighted by molar-refractivity contribution is 7.89. The van der Waals surface area contributed by atoms with Crippen molar-refractivity contribution < 1.29 is 8.42 Å². The van der Waals surface area contributed by atoms with E-state index in [4.69, 9.17) is 5.73 Å². The molecule has 1 heterocycles. The van der Waals surface area contributed by atoms with E-state index in [1.54, 1.807) is 10.4 Å². The summed E-state index contributed by atoms with van der Waals surface area (Å²) in [6, 6.07) is 10.0. The highest BCUT2D eigenvalue weighted by Gasteiger charge is 2.38. The maximum absolute atomic E-state index is 12.3. The van der Waals surface area contributed by atoms with E-state index in [1.165, 1.54) is 5.56 Å². The third kappa shape index (κ3) is 3.29. The van der Waals surface area contributed by atoms with Crippen molar-refractivity contribution in [2.24, 2.45) is 11.7 Å². The van der Waals surface area contributed by atoms with Crippen LogP contribution in [0.3, 0.4) is 0 Å². The first kappa shape index (κ1) is 15.2. The summed E-state index contributed by atoms with van der Waals surface area (Å²) in [6.07, 6.45) is 2.13. The average molecular weight is 294 g/mol. The monoisotopic (exact) mass is 294 g/mol. The summed E-state index contributed by atoms with van der Waals surface area (Å²) >= 11 is 0. The molecule has 1 aliphatic rings. The molecule has 1 aromatic carbocycles. The van der Waals surface area contributed by atoms with Gasteiger partial charge in [-0.2, -0.15) is 0 Å². The van der Waals surface area contributed by atoms with Crippen molar-refractivity contribution in [1.29, 1.82) is 0 Å². The summed E-state index contributed by atoms with van der Waals surface area (Å²) in [4.78, 5) is 0. The fourth-order valence-corrected chi connectivity index (χ4v) is 4.27. The second-order valence-electron chi connectivity index (χ2n) is 5.22. The minimum atomic E-state index is -3.20. The fourth-order valence-electron chi connectivity index (χ4n) is 2.74. The van der Waals surface area contributed by atoms with Crippen molar-refractivity contribution in [2.45, 2.75) is 12.3 Å². The van der Waals surface area contributed by atoms with Crippen molar-refractivity contribution in [3.05, 3.63) is 48.6 Å². The van der Waals surface area contributed by atoms with Crippen LogP contribution in [0.4, 0.5) is 0 Å². The van der Waals surface area contributed by atoms with Crippen LogP contribution in [0.1, 0.15) is 17.9 Å². The quantitative estimate of drug-likeness (QED) is 0.810. The van der Waals surface area contributed by atoms with Crippen LogP contribution in [0.25, 0.3) is 0 Å². The van der Waals surface area contributed by atoms with E-state index in [0.717, 1.165) is 0 Å². The van der Waals surface area contributed by atoms with Crippen LogP contribution in [-0.4, -0.2) is 38.1 Å². The van der Waals surface area contributed by atoms with Gasteiger partial charge >= 0.3 is 0 Å². The zero-order chi connectivity index (χ0) is 14.6. The molecule has 2 rings (SSSR count). The van der Waals surface area contributed by atoms with Crippen LogP contribution in [0.15, 0.2) is 43.0 Å². The lowest BCUT2D eigenvalue weighted by Gasteiger charge is -2.16. The molecule has 1 saturated heterocycles. The van der Waals surface area contributed by atoms with Gasteiger partial charge in [-0.1, -0.05) is 36.4 Å². The van der Waals surface area contributed by atoms with Gasteiger partial charge in [0.05, 0.1) is 5.75 Å². The van der Waals surface area contributed by atoms with Gasteiger partial charge in [-0.3, -0.25) is 0 Å². The lowest BCUT2D eigenvalue weighted by Crippen LogP contribution is -2.31. The van der Waals surface area contributed by atoms with Crippen molar-refractivity contribution in [3.63, 3.8) is 0 Å². The highest BCUT2D eigenvalue weighted by atomic mass is 32.2. The molecule has 0 unspecified atom stereocenters. The van der Waals surface area contributed by atoms with Crippen LogP contribution in [0, 0.1) is 5.92 Å². The second-order valence-corrected chi connectivity index (χ2v) is 7.31. The Morgan fingerprint density at radius 3 is 2.60 bits per heavy atom. The van der Waals surface area contributed by atoms with E-state index in [-0.39, 0.29) is 17.6 Å². The largest absolute Gasteiger partial charge is 0.330 e. The Kier molecular flexibility index (Phi) is 4.96. The van der Waals surface area contributed by atoms with Crippen molar-refractivity contribution in [2.75, 3.05) is 25.4 Å². The van der Waals surface area contributed by atoms with E-state index in [2.05, 4.69) is 6.58 Å². The Morgan fingerprint density at radius 2 is 2.00 bits per heavy atom. The van der Waals surface area contributed by atoms with Gasteiger partial charge in [0.2, 0.25) is 10.0 Å². The number of allylic oxidation sites excluding steroid dienone is 1. The minimum absolute atomic E-state index is 0.134. The summed E-state index contributed by atoms with van der Waals surface area (Å²) in [5.41, 5.74) is 7.00. The number of rotatable bonds is 6. The Balaban J connectivity index is 2.16. The molecule has 2 atom stereocenters. The van der Waals surface area contributed by atoms with Crippen LogP contribution in [0.5, 0.6) is 0 Å². The Labute approximate surface area is 121 Å². The Hall–Kier alpha value is -1.17. The zero-order valence-electron chi connectivity index (χ0n) is 11.6. The molecule has 4 nitrogen and oxygen atoms in total. The molecule has 2 N–H and O–H groups in total. The Bertz CT molecular complexity index is 542. The van der Waals surface area contributed by atoms with Gasteiger partial charge in [-0.15, -0.1) is 6.58 Å². The third-order valence-electron chi connectivity index (χ3n) is 3.91. The number of sulfonamides is 1. The summed E-state index contributed by atoms with van der Waals surface area (Å²) in [7, 11) is -3.20. The number of nitrogens with two attached hydrogens (primary N) is 1. The molecule has 110 valence electrons. The molecular weight excluding hydrogens is 272 g/mol. The van der Waals surface area contributed by atoms with E-state index in [9.17, 15) is 8.42 Å². The first-order chi connectivity index (χ1) is 9.58. The fraction of sp³-hybridized carbons (Fsp3) is 0.467. The normalized spacial score (nSPS) is 23.9. The lowest BCUT2D eigenvalue weighted by molar-refractivity contribution is 0.459. The molecule has 1 fully saturated rings. The summed E-state index contributed by atoms with van der Waals surface area (Å²) in [6.45, 7) is 5.14. The van der Waals surface area contributed by atoms with Crippen molar-refractivity contribution in [1.82, 2.24) is 4.31 Å². The van der Waals surface area contributed by atoms with Gasteiger partial charge in [0.1, 0.15) is 0 Å². The molecular formula is C15H22N2O2S. The maximum atomic E-state index is 12.3. The molecule has 0 bridgehead atoms. The van der Waals surface area contributed by atoms with Gasteiger partial charge in [-0.25, -0.2) is 12.7 Å². The van der Waals surface area contributed by atoms with Gasteiger partial charge in [-0.05, 0) is 24.4 Å². The number of hydrogen-bond acceptors (Lipinski definition) is 3. The minimum Gasteiger partial charge on any atom is -0.330 e. The SMILES string of the molecule is C=CCCS(=O)(=O)N1C[C@@H](CN)[C@H](c2ccccc2)C1. The lowest BCUT2D eigenvalue weighted by atomic mass is 9.89. The average Bonchev–Trinajstić information content (AvgIpc) is 2.91. The van der Waals surface area contributed by atoms with E-state index < -0.39 is 10.0 Å². The van der Waals surface area contributed by atoms with Gasteiger partial charge in [0, 0.05) is 19.0 Å². The first-order valence-electron chi connectivity index (χ1n) is 6.92. The standard InChI is InChI=1S/C15H22N2O2S/c1-2-3-9-20(18,19)17-11-14(10-16)15(12-17)13-7-5-4-6-8-13/h2,4-8,14-15H,1,3,9-12,16H2/t14-,15+/m1/s1. The van der Waals surface area contributed by atoms with Crippen molar-refractivity contribution >= 4 is 10.0 Å². The molecule has 0 radical (unpaired) electrons. The van der Waals surface area contributed by atoms with E-state index in [0.29, 0.717) is 26.1 Å². The highest BCUT2D eigenvalue weighted by Crippen LogP contribution is 2.33. The summed E-state index contributed by atoms with van der Waals surface area (Å²) in [5, 5.41) is 0. The predicted octanol–water partition coefficient (Wildman–Crippen LogP) is 1.57. The number of hydrogen-bond donors (Lipinski definition) is 1. The van der Waals surface area contributed by atoms with E-state index >= 15 is 0 Å². The summed E-state index contributed by atoms with van der Waals surface area (Å²) in [5.74, 6) is 0.519. The zero-order valence-corrected chi connectivity index (χ0v) is 12.4. The molecule has 5 heteroatoms. The van der Waals surface area contributed by atoms with Crippen molar-refractivity contribution in [3.8, 4) is 0 Å². The molecule has 0 saturated carbocycles. The Morgan fingerprint density at radius 1 is 1.30 bits per heavy atom. The van der Waals surface area contributed by atoms with Gasteiger partial charge < -0.3 is 5.73 Å². The number of benzene rings is 1. The molecule has 20 heavy (non-hydrogen) atoms. The molecule has 1 aromatic rings. The van der Waals surface area contributed by atoms with Crippen LogP contribution in [-0.2, 0) is 10.0 Å². The first-order valence-corrected chi connectivity index (χ1v) is 8.53.